The van der Waals surface area contributed by atoms with E-state index < -0.39 is 0 Å². The lowest BCUT2D eigenvalue weighted by Gasteiger charge is -2.39. The van der Waals surface area contributed by atoms with Crippen molar-refractivity contribution in [3.05, 3.63) is 29.8 Å². The average molecular weight is 279 g/mol. The second-order valence-corrected chi connectivity index (χ2v) is 7.02. The van der Waals surface area contributed by atoms with Crippen molar-refractivity contribution in [2.45, 2.75) is 38.5 Å². The molecule has 0 aliphatic carbocycles. The Labute approximate surface area is 118 Å². The highest BCUT2D eigenvalue weighted by Crippen LogP contribution is 2.32. The van der Waals surface area contributed by atoms with Crippen LogP contribution < -0.4 is 5.46 Å². The third-order valence-electron chi connectivity index (χ3n) is 3.37. The molecule has 0 aliphatic heterocycles. The van der Waals surface area contributed by atoms with Gasteiger partial charge in [-0.1, -0.05) is 31.4 Å². The van der Waals surface area contributed by atoms with Crippen LogP contribution in [0.2, 0.25) is 0 Å². The second kappa shape index (κ2) is 6.07. The predicted molar refractivity (Wildman–Crippen MR) is 82.1 cm³/mol. The van der Waals surface area contributed by atoms with E-state index in [-0.39, 0.29) is 16.7 Å². The molecule has 1 aromatic carbocycles. The third kappa shape index (κ3) is 4.33. The van der Waals surface area contributed by atoms with Crippen LogP contribution in [0, 0.1) is 0 Å². The molecule has 1 rings (SSSR count). The monoisotopic (exact) mass is 279 g/mol. The van der Waals surface area contributed by atoms with Gasteiger partial charge in [-0.15, -0.1) is 9.24 Å². The fourth-order valence-electron chi connectivity index (χ4n) is 1.18. The first-order valence-corrected chi connectivity index (χ1v) is 6.73. The summed E-state index contributed by atoms with van der Waals surface area (Å²) < 4.78 is 10.5. The van der Waals surface area contributed by atoms with Crippen LogP contribution >= 0.6 is 9.24 Å². The van der Waals surface area contributed by atoms with Gasteiger partial charge in [0, 0.05) is 5.16 Å². The Balaban J connectivity index is 2.67. The average Bonchev–Trinajstić information content (AvgIpc) is 2.35. The number of rotatable bonds is 5. The number of hydrogen-bond acceptors (Lipinski definition) is 3. The highest BCUT2D eigenvalue weighted by molar-refractivity contribution is 7.19. The third-order valence-corrected chi connectivity index (χ3v) is 4.07. The minimum absolute atomic E-state index is 0.0462. The Bertz CT molecular complexity index is 435. The molecule has 19 heavy (non-hydrogen) atoms. The lowest BCUT2D eigenvalue weighted by atomic mass is 9.83. The molecular formula is C14H21BO3P. The minimum Gasteiger partial charge on any atom is -0.465 e. The molecule has 1 unspecified atom stereocenters. The quantitative estimate of drug-likeness (QED) is 0.471. The molecule has 0 fully saturated rings. The van der Waals surface area contributed by atoms with Gasteiger partial charge in [0.05, 0.1) is 18.3 Å². The lowest BCUT2D eigenvalue weighted by molar-refractivity contribution is 0.0600. The summed E-state index contributed by atoms with van der Waals surface area (Å²) in [5.41, 5.74) is 1.14. The zero-order chi connectivity index (χ0) is 14.7. The molecule has 0 amide bonds. The number of benzene rings is 1. The van der Waals surface area contributed by atoms with Gasteiger partial charge in [-0.25, -0.2) is 4.79 Å². The van der Waals surface area contributed by atoms with Crippen molar-refractivity contribution < 1.29 is 14.2 Å². The number of methoxy groups -OCH3 is 1. The maximum atomic E-state index is 11.3. The maximum Gasteiger partial charge on any atom is 0.337 e. The van der Waals surface area contributed by atoms with Crippen LogP contribution in [-0.2, 0) is 9.39 Å². The topological polar surface area (TPSA) is 35.5 Å². The smallest absolute Gasteiger partial charge is 0.337 e. The van der Waals surface area contributed by atoms with E-state index in [0.29, 0.717) is 5.56 Å². The second-order valence-electron chi connectivity index (χ2n) is 5.58. The van der Waals surface area contributed by atoms with Crippen LogP contribution in [0.4, 0.5) is 0 Å². The molecule has 0 bridgehead atoms. The summed E-state index contributed by atoms with van der Waals surface area (Å²) in [6, 6.07) is 7.11. The summed E-state index contributed by atoms with van der Waals surface area (Å²) in [6.45, 7) is 8.29. The molecule has 5 heteroatoms. The van der Waals surface area contributed by atoms with Crippen molar-refractivity contribution in [1.29, 1.82) is 0 Å². The van der Waals surface area contributed by atoms with E-state index in [2.05, 4.69) is 27.8 Å². The number of esters is 1. The van der Waals surface area contributed by atoms with E-state index in [4.69, 9.17) is 4.65 Å². The summed E-state index contributed by atoms with van der Waals surface area (Å²) in [6.07, 6.45) is 0. The van der Waals surface area contributed by atoms with Gasteiger partial charge in [0.2, 0.25) is 0 Å². The normalized spacial score (nSPS) is 12.1. The zero-order valence-corrected chi connectivity index (χ0v) is 13.3. The standard InChI is InChI=1S/C14H21BO3P/c1-13(2,14(3,4)19)18-15-11-8-6-10(7-9-11)12(16)17-5/h6-9H,19H2,1-5H3. The molecule has 1 radical (unpaired) electrons. The van der Waals surface area contributed by atoms with Crippen molar-refractivity contribution in [3.63, 3.8) is 0 Å². The minimum atomic E-state index is -0.334. The first kappa shape index (κ1) is 16.2. The van der Waals surface area contributed by atoms with Crippen molar-refractivity contribution in [3.8, 4) is 0 Å². The van der Waals surface area contributed by atoms with Gasteiger partial charge in [0.1, 0.15) is 0 Å². The summed E-state index contributed by atoms with van der Waals surface area (Å²) in [5.74, 6) is -0.334. The Morgan fingerprint density at radius 2 is 1.68 bits per heavy atom. The van der Waals surface area contributed by atoms with E-state index in [1.54, 1.807) is 19.6 Å². The van der Waals surface area contributed by atoms with Gasteiger partial charge in [-0.3, -0.25) is 0 Å². The van der Waals surface area contributed by atoms with Crippen LogP contribution in [0.15, 0.2) is 24.3 Å². The van der Waals surface area contributed by atoms with E-state index >= 15 is 0 Å². The number of carbonyl (C=O) groups is 1. The molecule has 0 aromatic heterocycles. The van der Waals surface area contributed by atoms with E-state index in [0.717, 1.165) is 5.46 Å². The van der Waals surface area contributed by atoms with Gasteiger partial charge < -0.3 is 9.39 Å². The molecule has 1 aromatic rings. The molecule has 0 heterocycles. The SMILES string of the molecule is COC(=O)c1ccc([B]OC(C)(C)C(C)(C)P)cc1. The molecule has 0 spiro atoms. The predicted octanol–water partition coefficient (Wildman–Crippen LogP) is 2.17. The maximum absolute atomic E-state index is 11.3. The number of carbonyl (C=O) groups excluding carboxylic acids is 1. The highest BCUT2D eigenvalue weighted by atomic mass is 31.0. The molecule has 0 N–H and O–H groups in total. The van der Waals surface area contributed by atoms with Gasteiger partial charge in [-0.05, 0) is 26.0 Å². The van der Waals surface area contributed by atoms with Gasteiger partial charge in [0.15, 0.2) is 0 Å². The Kier molecular flexibility index (Phi) is 5.17. The van der Waals surface area contributed by atoms with Crippen LogP contribution in [0.3, 0.4) is 0 Å². The highest BCUT2D eigenvalue weighted by Gasteiger charge is 2.33. The van der Waals surface area contributed by atoms with Crippen LogP contribution in [0.1, 0.15) is 38.1 Å². The van der Waals surface area contributed by atoms with Gasteiger partial charge in [0.25, 0.3) is 0 Å². The van der Waals surface area contributed by atoms with E-state index in [1.807, 2.05) is 26.0 Å². The molecule has 3 nitrogen and oxygen atoms in total. The molecular weight excluding hydrogens is 258 g/mol. The fraction of sp³-hybridized carbons (Fsp3) is 0.500. The Hall–Kier alpha value is -0.855. The molecule has 103 valence electrons. The summed E-state index contributed by atoms with van der Waals surface area (Å²) in [4.78, 5) is 11.3. The first-order valence-electron chi connectivity index (χ1n) is 6.16. The molecule has 1 atom stereocenters. The first-order chi connectivity index (χ1) is 8.67. The summed E-state index contributed by atoms with van der Waals surface area (Å²) in [7, 11) is 5.88. The van der Waals surface area contributed by atoms with Crippen molar-refractivity contribution in [2.24, 2.45) is 0 Å². The van der Waals surface area contributed by atoms with Crippen LogP contribution in [-0.4, -0.2) is 31.3 Å². The van der Waals surface area contributed by atoms with E-state index in [1.165, 1.54) is 7.11 Å². The zero-order valence-electron chi connectivity index (χ0n) is 12.2. The Morgan fingerprint density at radius 3 is 2.11 bits per heavy atom. The lowest BCUT2D eigenvalue weighted by Crippen LogP contribution is -2.45. The summed E-state index contributed by atoms with van der Waals surface area (Å²) >= 11 is 0. The number of ether oxygens (including phenoxy) is 1. The number of hydrogen-bond donors (Lipinski definition) is 0. The van der Waals surface area contributed by atoms with Crippen LogP contribution in [0.5, 0.6) is 0 Å². The largest absolute Gasteiger partial charge is 0.465 e. The van der Waals surface area contributed by atoms with E-state index in [9.17, 15) is 4.79 Å². The summed E-state index contributed by atoms with van der Waals surface area (Å²) in [5, 5.41) is -0.0462. The fourth-order valence-corrected chi connectivity index (χ4v) is 1.25. The molecule has 0 saturated carbocycles. The van der Waals surface area contributed by atoms with Crippen LogP contribution in [0.25, 0.3) is 0 Å². The Morgan fingerprint density at radius 1 is 1.16 bits per heavy atom. The van der Waals surface area contributed by atoms with Gasteiger partial charge in [-0.2, -0.15) is 0 Å². The van der Waals surface area contributed by atoms with Crippen molar-refractivity contribution in [1.82, 2.24) is 0 Å². The molecule has 0 aliphatic rings. The van der Waals surface area contributed by atoms with Crippen molar-refractivity contribution >= 4 is 28.2 Å². The van der Waals surface area contributed by atoms with Gasteiger partial charge >= 0.3 is 13.5 Å². The van der Waals surface area contributed by atoms with Crippen molar-refractivity contribution in [2.75, 3.05) is 7.11 Å². The molecule has 0 saturated heterocycles.